The lowest BCUT2D eigenvalue weighted by Crippen LogP contribution is -1.91. The standard InChI is InChI=1S/C10H13NO/c1-7(2)9-6-11-10(12-4)5-8(9)3/h5-6H,1H2,2-4H3. The second-order valence-corrected chi connectivity index (χ2v) is 2.82. The molecule has 1 aromatic heterocycles. The molecule has 0 fully saturated rings. The molecule has 0 aromatic carbocycles. The van der Waals surface area contributed by atoms with Gasteiger partial charge in [0.05, 0.1) is 7.11 Å². The summed E-state index contributed by atoms with van der Waals surface area (Å²) in [4.78, 5) is 4.10. The van der Waals surface area contributed by atoms with Gasteiger partial charge in [0.2, 0.25) is 5.88 Å². The molecule has 0 radical (unpaired) electrons. The van der Waals surface area contributed by atoms with Gasteiger partial charge in [0.1, 0.15) is 0 Å². The Morgan fingerprint density at radius 1 is 1.58 bits per heavy atom. The molecule has 12 heavy (non-hydrogen) atoms. The van der Waals surface area contributed by atoms with Gasteiger partial charge in [0.15, 0.2) is 0 Å². The van der Waals surface area contributed by atoms with E-state index in [1.165, 1.54) is 0 Å². The zero-order valence-corrected chi connectivity index (χ0v) is 7.72. The van der Waals surface area contributed by atoms with Gasteiger partial charge in [-0.25, -0.2) is 4.98 Å². The van der Waals surface area contributed by atoms with Crippen molar-refractivity contribution >= 4 is 5.57 Å². The van der Waals surface area contributed by atoms with E-state index in [0.717, 1.165) is 16.7 Å². The number of nitrogens with zero attached hydrogens (tertiary/aromatic N) is 1. The van der Waals surface area contributed by atoms with E-state index in [1.54, 1.807) is 13.3 Å². The van der Waals surface area contributed by atoms with Crippen LogP contribution in [0.1, 0.15) is 18.1 Å². The Morgan fingerprint density at radius 3 is 2.67 bits per heavy atom. The van der Waals surface area contributed by atoms with Gasteiger partial charge < -0.3 is 4.74 Å². The highest BCUT2D eigenvalue weighted by atomic mass is 16.5. The minimum Gasteiger partial charge on any atom is -0.481 e. The number of hydrogen-bond donors (Lipinski definition) is 0. The average Bonchev–Trinajstić information content (AvgIpc) is 2.03. The van der Waals surface area contributed by atoms with Crippen molar-refractivity contribution in [1.29, 1.82) is 0 Å². The van der Waals surface area contributed by atoms with Crippen LogP contribution in [0, 0.1) is 6.92 Å². The molecule has 0 unspecified atom stereocenters. The smallest absolute Gasteiger partial charge is 0.213 e. The number of pyridine rings is 1. The third-order valence-electron chi connectivity index (χ3n) is 1.75. The molecular weight excluding hydrogens is 150 g/mol. The van der Waals surface area contributed by atoms with Crippen molar-refractivity contribution in [3.8, 4) is 5.88 Å². The Labute approximate surface area is 72.9 Å². The summed E-state index contributed by atoms with van der Waals surface area (Å²) in [5.41, 5.74) is 3.27. The van der Waals surface area contributed by atoms with E-state index in [1.807, 2.05) is 19.9 Å². The van der Waals surface area contributed by atoms with Gasteiger partial charge in [0.25, 0.3) is 0 Å². The molecule has 1 heterocycles. The summed E-state index contributed by atoms with van der Waals surface area (Å²) in [5.74, 6) is 0.650. The molecule has 0 atom stereocenters. The molecule has 0 saturated carbocycles. The van der Waals surface area contributed by atoms with Crippen LogP contribution in [0.2, 0.25) is 0 Å². The molecule has 0 amide bonds. The van der Waals surface area contributed by atoms with Gasteiger partial charge in [-0.1, -0.05) is 6.58 Å². The maximum atomic E-state index is 4.99. The number of allylic oxidation sites excluding steroid dienone is 1. The number of rotatable bonds is 2. The van der Waals surface area contributed by atoms with Crippen LogP contribution in [-0.4, -0.2) is 12.1 Å². The molecule has 64 valence electrons. The quantitative estimate of drug-likeness (QED) is 0.668. The van der Waals surface area contributed by atoms with Gasteiger partial charge in [-0.2, -0.15) is 0 Å². The maximum absolute atomic E-state index is 4.99. The molecule has 0 aliphatic heterocycles. The predicted octanol–water partition coefficient (Wildman–Crippen LogP) is 2.43. The fourth-order valence-electron chi connectivity index (χ4n) is 1.09. The van der Waals surface area contributed by atoms with Crippen LogP contribution in [0.4, 0.5) is 0 Å². The number of hydrogen-bond acceptors (Lipinski definition) is 2. The molecular formula is C10H13NO. The Kier molecular flexibility index (Phi) is 2.48. The van der Waals surface area contributed by atoms with Gasteiger partial charge in [-0.15, -0.1) is 0 Å². The summed E-state index contributed by atoms with van der Waals surface area (Å²) in [6.07, 6.45) is 1.79. The fourth-order valence-corrected chi connectivity index (χ4v) is 1.09. The molecule has 0 bridgehead atoms. The summed E-state index contributed by atoms with van der Waals surface area (Å²) in [6.45, 7) is 7.85. The largest absolute Gasteiger partial charge is 0.481 e. The van der Waals surface area contributed by atoms with Gasteiger partial charge in [-0.05, 0) is 30.5 Å². The fraction of sp³-hybridized carbons (Fsp3) is 0.300. The van der Waals surface area contributed by atoms with E-state index in [-0.39, 0.29) is 0 Å². The van der Waals surface area contributed by atoms with Gasteiger partial charge in [0, 0.05) is 12.3 Å². The van der Waals surface area contributed by atoms with Crippen molar-refractivity contribution in [3.05, 3.63) is 30.0 Å². The van der Waals surface area contributed by atoms with Crippen LogP contribution in [0.25, 0.3) is 5.57 Å². The van der Waals surface area contributed by atoms with Crippen LogP contribution in [-0.2, 0) is 0 Å². The second kappa shape index (κ2) is 3.39. The SMILES string of the molecule is C=C(C)c1cnc(OC)cc1C. The lowest BCUT2D eigenvalue weighted by molar-refractivity contribution is 0.397. The monoisotopic (exact) mass is 163 g/mol. The van der Waals surface area contributed by atoms with Crippen LogP contribution in [0.3, 0.4) is 0 Å². The zero-order chi connectivity index (χ0) is 9.14. The average molecular weight is 163 g/mol. The lowest BCUT2D eigenvalue weighted by Gasteiger charge is -2.05. The van der Waals surface area contributed by atoms with E-state index in [2.05, 4.69) is 11.6 Å². The lowest BCUT2D eigenvalue weighted by atomic mass is 10.1. The first kappa shape index (κ1) is 8.78. The van der Waals surface area contributed by atoms with E-state index in [0.29, 0.717) is 5.88 Å². The number of aryl methyl sites for hydroxylation is 1. The minimum atomic E-state index is 0.650. The molecule has 0 spiro atoms. The molecule has 2 heteroatoms. The highest BCUT2D eigenvalue weighted by Gasteiger charge is 2.00. The predicted molar refractivity (Wildman–Crippen MR) is 50.2 cm³/mol. The first-order valence-electron chi connectivity index (χ1n) is 3.81. The van der Waals surface area contributed by atoms with Crippen molar-refractivity contribution in [2.75, 3.05) is 7.11 Å². The van der Waals surface area contributed by atoms with E-state index < -0.39 is 0 Å². The second-order valence-electron chi connectivity index (χ2n) is 2.82. The zero-order valence-electron chi connectivity index (χ0n) is 7.72. The summed E-state index contributed by atoms with van der Waals surface area (Å²) >= 11 is 0. The van der Waals surface area contributed by atoms with E-state index in [9.17, 15) is 0 Å². The number of methoxy groups -OCH3 is 1. The Hall–Kier alpha value is -1.31. The molecule has 1 rings (SSSR count). The van der Waals surface area contributed by atoms with Crippen molar-refractivity contribution < 1.29 is 4.74 Å². The Morgan fingerprint density at radius 2 is 2.25 bits per heavy atom. The third kappa shape index (κ3) is 1.64. The van der Waals surface area contributed by atoms with Crippen LogP contribution in [0.5, 0.6) is 5.88 Å². The highest BCUT2D eigenvalue weighted by molar-refractivity contribution is 5.63. The number of ether oxygens (including phenoxy) is 1. The van der Waals surface area contributed by atoms with E-state index >= 15 is 0 Å². The van der Waals surface area contributed by atoms with Crippen molar-refractivity contribution in [2.45, 2.75) is 13.8 Å². The maximum Gasteiger partial charge on any atom is 0.213 e. The Bertz CT molecular complexity index is 305. The summed E-state index contributed by atoms with van der Waals surface area (Å²) < 4.78 is 4.99. The van der Waals surface area contributed by atoms with Gasteiger partial charge >= 0.3 is 0 Å². The third-order valence-corrected chi connectivity index (χ3v) is 1.75. The highest BCUT2D eigenvalue weighted by Crippen LogP contribution is 2.18. The number of aromatic nitrogens is 1. The normalized spacial score (nSPS) is 9.58. The summed E-state index contributed by atoms with van der Waals surface area (Å²) in [5, 5.41) is 0. The van der Waals surface area contributed by atoms with Crippen LogP contribution < -0.4 is 4.74 Å². The van der Waals surface area contributed by atoms with Crippen molar-refractivity contribution in [3.63, 3.8) is 0 Å². The minimum absolute atomic E-state index is 0.650. The first-order valence-corrected chi connectivity index (χ1v) is 3.81. The molecule has 0 aliphatic rings. The molecule has 2 nitrogen and oxygen atoms in total. The summed E-state index contributed by atoms with van der Waals surface area (Å²) in [6, 6.07) is 1.91. The molecule has 0 N–H and O–H groups in total. The molecule has 0 saturated heterocycles. The van der Waals surface area contributed by atoms with Crippen LogP contribution >= 0.6 is 0 Å². The van der Waals surface area contributed by atoms with Crippen molar-refractivity contribution in [2.24, 2.45) is 0 Å². The van der Waals surface area contributed by atoms with Crippen molar-refractivity contribution in [1.82, 2.24) is 4.98 Å². The molecule has 0 aliphatic carbocycles. The topological polar surface area (TPSA) is 22.1 Å². The summed E-state index contributed by atoms with van der Waals surface area (Å²) in [7, 11) is 1.61. The van der Waals surface area contributed by atoms with Gasteiger partial charge in [-0.3, -0.25) is 0 Å². The van der Waals surface area contributed by atoms with Crippen LogP contribution in [0.15, 0.2) is 18.8 Å². The molecule has 1 aromatic rings. The first-order chi connectivity index (χ1) is 5.65. The Balaban J connectivity index is 3.12. The van der Waals surface area contributed by atoms with E-state index in [4.69, 9.17) is 4.74 Å².